The second-order valence-corrected chi connectivity index (χ2v) is 5.40. The summed E-state index contributed by atoms with van der Waals surface area (Å²) in [5, 5.41) is 0. The van der Waals surface area contributed by atoms with Crippen LogP contribution in [0.15, 0.2) is 42.5 Å². The summed E-state index contributed by atoms with van der Waals surface area (Å²) in [5.74, 6) is 6.78. The maximum atomic E-state index is 6.07. The fourth-order valence-corrected chi connectivity index (χ4v) is 2.90. The van der Waals surface area contributed by atoms with Crippen LogP contribution in [0.3, 0.4) is 0 Å². The molecule has 104 valence electrons. The van der Waals surface area contributed by atoms with E-state index in [1.807, 2.05) is 18.2 Å². The zero-order valence-corrected chi connectivity index (χ0v) is 11.9. The third-order valence-electron chi connectivity index (χ3n) is 4.20. The van der Waals surface area contributed by atoms with Crippen LogP contribution in [0, 0.1) is 13.8 Å². The SMILES string of the molecule is Cc1cccc(C(NN)C2Cc3ccccc3O2)c1C. The summed E-state index contributed by atoms with van der Waals surface area (Å²) in [4.78, 5) is 0. The van der Waals surface area contributed by atoms with Gasteiger partial charge in [-0.2, -0.15) is 0 Å². The maximum Gasteiger partial charge on any atom is 0.124 e. The number of hydrogen-bond acceptors (Lipinski definition) is 3. The van der Waals surface area contributed by atoms with Crippen LogP contribution in [-0.2, 0) is 6.42 Å². The first-order valence-electron chi connectivity index (χ1n) is 6.97. The van der Waals surface area contributed by atoms with Gasteiger partial charge in [0.05, 0.1) is 6.04 Å². The van der Waals surface area contributed by atoms with Crippen LogP contribution in [0.4, 0.5) is 0 Å². The molecular formula is C17H20N2O. The number of aryl methyl sites for hydroxylation is 1. The van der Waals surface area contributed by atoms with Gasteiger partial charge >= 0.3 is 0 Å². The summed E-state index contributed by atoms with van der Waals surface area (Å²) in [7, 11) is 0. The number of fused-ring (bicyclic) bond motifs is 1. The second kappa shape index (κ2) is 5.27. The topological polar surface area (TPSA) is 47.3 Å². The van der Waals surface area contributed by atoms with E-state index < -0.39 is 0 Å². The second-order valence-electron chi connectivity index (χ2n) is 5.40. The summed E-state index contributed by atoms with van der Waals surface area (Å²) < 4.78 is 6.07. The molecule has 0 aliphatic carbocycles. The quantitative estimate of drug-likeness (QED) is 0.664. The van der Waals surface area contributed by atoms with Crippen molar-refractivity contribution in [2.75, 3.05) is 0 Å². The Morgan fingerprint density at radius 3 is 2.70 bits per heavy atom. The zero-order chi connectivity index (χ0) is 14.1. The molecule has 2 aromatic rings. The van der Waals surface area contributed by atoms with Gasteiger partial charge in [0.15, 0.2) is 0 Å². The highest BCUT2D eigenvalue weighted by Gasteiger charge is 2.31. The van der Waals surface area contributed by atoms with E-state index in [1.54, 1.807) is 0 Å². The van der Waals surface area contributed by atoms with Crippen molar-refractivity contribution < 1.29 is 4.74 Å². The molecule has 0 radical (unpaired) electrons. The molecule has 1 aliphatic rings. The average molecular weight is 268 g/mol. The molecule has 2 atom stereocenters. The van der Waals surface area contributed by atoms with Crippen molar-refractivity contribution in [2.24, 2.45) is 5.84 Å². The van der Waals surface area contributed by atoms with Gasteiger partial charge in [-0.1, -0.05) is 36.4 Å². The standard InChI is InChI=1S/C17H20N2O/c1-11-6-5-8-14(12(11)2)17(19-18)16-10-13-7-3-4-9-15(13)20-16/h3-9,16-17,19H,10,18H2,1-2H3. The van der Waals surface area contributed by atoms with Gasteiger partial charge in [-0.05, 0) is 42.2 Å². The number of benzene rings is 2. The molecule has 1 heterocycles. The van der Waals surface area contributed by atoms with E-state index in [0.717, 1.165) is 12.2 Å². The lowest BCUT2D eigenvalue weighted by molar-refractivity contribution is 0.178. The number of hydrogen-bond donors (Lipinski definition) is 2. The Kier molecular flexibility index (Phi) is 3.47. The first kappa shape index (κ1) is 13.2. The van der Waals surface area contributed by atoms with Gasteiger partial charge in [0.2, 0.25) is 0 Å². The number of rotatable bonds is 3. The number of hydrazine groups is 1. The van der Waals surface area contributed by atoms with E-state index in [-0.39, 0.29) is 12.1 Å². The molecule has 1 aliphatic heterocycles. The van der Waals surface area contributed by atoms with Crippen LogP contribution in [-0.4, -0.2) is 6.10 Å². The lowest BCUT2D eigenvalue weighted by atomic mass is 9.92. The minimum Gasteiger partial charge on any atom is -0.488 e. The Morgan fingerprint density at radius 1 is 1.15 bits per heavy atom. The molecule has 0 fully saturated rings. The number of ether oxygens (including phenoxy) is 1. The largest absolute Gasteiger partial charge is 0.488 e. The molecule has 0 aromatic heterocycles. The maximum absolute atomic E-state index is 6.07. The van der Waals surface area contributed by atoms with E-state index in [4.69, 9.17) is 10.6 Å². The average Bonchev–Trinajstić information content (AvgIpc) is 2.87. The smallest absolute Gasteiger partial charge is 0.124 e. The van der Waals surface area contributed by atoms with Crippen LogP contribution in [0.2, 0.25) is 0 Å². The molecule has 20 heavy (non-hydrogen) atoms. The van der Waals surface area contributed by atoms with Crippen molar-refractivity contribution in [3.63, 3.8) is 0 Å². The fraction of sp³-hybridized carbons (Fsp3) is 0.294. The normalized spacial score (nSPS) is 18.4. The predicted molar refractivity (Wildman–Crippen MR) is 80.5 cm³/mol. The molecule has 0 amide bonds. The molecule has 0 saturated heterocycles. The zero-order valence-electron chi connectivity index (χ0n) is 11.9. The minimum absolute atomic E-state index is 0.00213. The Balaban J connectivity index is 1.91. The first-order valence-corrected chi connectivity index (χ1v) is 6.97. The fourth-order valence-electron chi connectivity index (χ4n) is 2.90. The Hall–Kier alpha value is -1.84. The summed E-state index contributed by atoms with van der Waals surface area (Å²) >= 11 is 0. The predicted octanol–water partition coefficient (Wildman–Crippen LogP) is 2.81. The van der Waals surface area contributed by atoms with Crippen molar-refractivity contribution in [3.05, 3.63) is 64.7 Å². The van der Waals surface area contributed by atoms with E-state index in [2.05, 4.69) is 43.5 Å². The van der Waals surface area contributed by atoms with Crippen molar-refractivity contribution in [1.29, 1.82) is 0 Å². The number of nitrogens with one attached hydrogen (secondary N) is 1. The summed E-state index contributed by atoms with van der Waals surface area (Å²) in [6, 6.07) is 14.5. The van der Waals surface area contributed by atoms with Crippen molar-refractivity contribution in [2.45, 2.75) is 32.4 Å². The minimum atomic E-state index is 0.00213. The molecule has 3 nitrogen and oxygen atoms in total. The molecule has 3 rings (SSSR count). The molecular weight excluding hydrogens is 248 g/mol. The highest BCUT2D eigenvalue weighted by molar-refractivity contribution is 5.41. The van der Waals surface area contributed by atoms with Crippen LogP contribution < -0.4 is 16.0 Å². The molecule has 2 unspecified atom stereocenters. The Morgan fingerprint density at radius 2 is 1.95 bits per heavy atom. The van der Waals surface area contributed by atoms with Crippen LogP contribution >= 0.6 is 0 Å². The van der Waals surface area contributed by atoms with E-state index >= 15 is 0 Å². The molecule has 2 aromatic carbocycles. The van der Waals surface area contributed by atoms with Gasteiger partial charge in [0.25, 0.3) is 0 Å². The van der Waals surface area contributed by atoms with Crippen LogP contribution in [0.1, 0.15) is 28.3 Å². The van der Waals surface area contributed by atoms with E-state index in [1.165, 1.54) is 22.3 Å². The monoisotopic (exact) mass is 268 g/mol. The van der Waals surface area contributed by atoms with Crippen molar-refractivity contribution >= 4 is 0 Å². The van der Waals surface area contributed by atoms with Crippen LogP contribution in [0.5, 0.6) is 5.75 Å². The molecule has 3 N–H and O–H groups in total. The van der Waals surface area contributed by atoms with Crippen molar-refractivity contribution in [1.82, 2.24) is 5.43 Å². The van der Waals surface area contributed by atoms with E-state index in [0.29, 0.717) is 0 Å². The van der Waals surface area contributed by atoms with Gasteiger partial charge in [0.1, 0.15) is 11.9 Å². The lowest BCUT2D eigenvalue weighted by Gasteiger charge is -2.25. The van der Waals surface area contributed by atoms with Gasteiger partial charge in [-0.15, -0.1) is 0 Å². The van der Waals surface area contributed by atoms with Gasteiger partial charge in [-0.3, -0.25) is 5.84 Å². The first-order chi connectivity index (χ1) is 9.70. The lowest BCUT2D eigenvalue weighted by Crippen LogP contribution is -2.39. The van der Waals surface area contributed by atoms with E-state index in [9.17, 15) is 0 Å². The molecule has 0 bridgehead atoms. The van der Waals surface area contributed by atoms with Gasteiger partial charge in [0, 0.05) is 6.42 Å². The molecule has 0 saturated carbocycles. The summed E-state index contributed by atoms with van der Waals surface area (Å²) in [5.41, 5.74) is 7.95. The number of nitrogens with two attached hydrogens (primary N) is 1. The Labute approximate surface area is 119 Å². The third kappa shape index (κ3) is 2.19. The third-order valence-corrected chi connectivity index (χ3v) is 4.20. The highest BCUT2D eigenvalue weighted by Crippen LogP contribution is 2.34. The Bertz CT molecular complexity index is 599. The molecule has 3 heteroatoms. The summed E-state index contributed by atoms with van der Waals surface area (Å²) in [6.45, 7) is 4.26. The molecule has 0 spiro atoms. The highest BCUT2D eigenvalue weighted by atomic mass is 16.5. The van der Waals surface area contributed by atoms with Crippen molar-refractivity contribution in [3.8, 4) is 5.75 Å². The van der Waals surface area contributed by atoms with Gasteiger partial charge < -0.3 is 4.74 Å². The summed E-state index contributed by atoms with van der Waals surface area (Å²) in [6.07, 6.45) is 0.927. The van der Waals surface area contributed by atoms with Gasteiger partial charge in [-0.25, -0.2) is 5.43 Å². The van der Waals surface area contributed by atoms with Crippen LogP contribution in [0.25, 0.3) is 0 Å². The number of para-hydroxylation sites is 1.